The quantitative estimate of drug-likeness (QED) is 0.699. The maximum atomic E-state index is 12.9. The van der Waals surface area contributed by atoms with E-state index in [-0.39, 0.29) is 36.3 Å². The lowest BCUT2D eigenvalue weighted by Gasteiger charge is -2.19. The summed E-state index contributed by atoms with van der Waals surface area (Å²) < 4.78 is 13.5. The maximum Gasteiger partial charge on any atom is 0.225 e. The molecule has 0 radical (unpaired) electrons. The molecule has 164 valence electrons. The topological polar surface area (TPSA) is 77.4 Å². The van der Waals surface area contributed by atoms with E-state index in [0.29, 0.717) is 19.7 Å². The lowest BCUT2D eigenvalue weighted by atomic mass is 9.90. The lowest BCUT2D eigenvalue weighted by molar-refractivity contribution is -0.125. The Kier molecular flexibility index (Phi) is 7.75. The Morgan fingerprint density at radius 3 is 3.00 bits per heavy atom. The minimum Gasteiger partial charge on any atom is -0.491 e. The van der Waals surface area contributed by atoms with E-state index in [2.05, 4.69) is 21.8 Å². The second-order valence-electron chi connectivity index (χ2n) is 8.09. The van der Waals surface area contributed by atoms with Gasteiger partial charge < -0.3 is 20.1 Å². The van der Waals surface area contributed by atoms with Gasteiger partial charge in [0.25, 0.3) is 0 Å². The molecule has 8 heteroatoms. The highest BCUT2D eigenvalue weighted by atomic mass is 35.5. The Morgan fingerprint density at radius 1 is 1.40 bits per heavy atom. The minimum atomic E-state index is -0.0964. The number of nitrogens with zero attached hydrogens (tertiary/aromatic N) is 2. The van der Waals surface area contributed by atoms with Crippen molar-refractivity contribution in [1.82, 2.24) is 20.4 Å². The maximum absolute atomic E-state index is 12.9. The van der Waals surface area contributed by atoms with Gasteiger partial charge in [0.15, 0.2) is 0 Å². The zero-order chi connectivity index (χ0) is 20.2. The fraction of sp³-hybridized carbons (Fsp3) is 0.545. The molecule has 4 rings (SSSR count). The van der Waals surface area contributed by atoms with Gasteiger partial charge in [-0.05, 0) is 37.0 Å². The first kappa shape index (κ1) is 22.6. The Balaban J connectivity index is 0.00000256. The molecule has 2 aromatic rings. The fourth-order valence-corrected chi connectivity index (χ4v) is 4.15. The normalized spacial score (nSPS) is 23.2. The molecule has 2 N–H and O–H groups in total. The molecule has 2 aliphatic heterocycles. The first-order chi connectivity index (χ1) is 14.1. The van der Waals surface area contributed by atoms with Gasteiger partial charge in [0.1, 0.15) is 12.4 Å². The van der Waals surface area contributed by atoms with E-state index in [1.54, 1.807) is 4.68 Å². The highest BCUT2D eigenvalue weighted by molar-refractivity contribution is 5.85. The van der Waals surface area contributed by atoms with Crippen molar-refractivity contribution in [1.29, 1.82) is 0 Å². The lowest BCUT2D eigenvalue weighted by Crippen LogP contribution is -2.34. The number of halogens is 1. The molecule has 2 fully saturated rings. The van der Waals surface area contributed by atoms with Crippen LogP contribution in [0, 0.1) is 12.8 Å². The summed E-state index contributed by atoms with van der Waals surface area (Å²) in [7, 11) is 1.90. The SMILES string of the molecule is Cc1ccc(CNC(=O)[C@H]2CNC[C@@H]2c2cnn(C)c2)c(OCC2CCCO2)c1.Cl. The number of rotatable bonds is 7. The van der Waals surface area contributed by atoms with E-state index < -0.39 is 0 Å². The van der Waals surface area contributed by atoms with Gasteiger partial charge in [-0.25, -0.2) is 0 Å². The molecule has 0 bridgehead atoms. The van der Waals surface area contributed by atoms with Crippen molar-refractivity contribution < 1.29 is 14.3 Å². The number of ether oxygens (including phenoxy) is 2. The molecule has 1 unspecified atom stereocenters. The van der Waals surface area contributed by atoms with Crippen molar-refractivity contribution in [2.45, 2.75) is 38.3 Å². The van der Waals surface area contributed by atoms with E-state index in [4.69, 9.17) is 9.47 Å². The van der Waals surface area contributed by atoms with Crippen molar-refractivity contribution in [3.8, 4) is 5.75 Å². The number of carbonyl (C=O) groups excluding carboxylic acids is 1. The predicted molar refractivity (Wildman–Crippen MR) is 117 cm³/mol. The van der Waals surface area contributed by atoms with Crippen LogP contribution in [0.4, 0.5) is 0 Å². The predicted octanol–water partition coefficient (Wildman–Crippen LogP) is 2.33. The summed E-state index contributed by atoms with van der Waals surface area (Å²) >= 11 is 0. The summed E-state index contributed by atoms with van der Waals surface area (Å²) in [5.41, 5.74) is 3.23. The molecule has 0 aliphatic carbocycles. The van der Waals surface area contributed by atoms with Crippen molar-refractivity contribution in [2.24, 2.45) is 13.0 Å². The van der Waals surface area contributed by atoms with Crippen LogP contribution in [0.3, 0.4) is 0 Å². The third-order valence-electron chi connectivity index (χ3n) is 5.83. The summed E-state index contributed by atoms with van der Waals surface area (Å²) in [4.78, 5) is 12.9. The number of nitrogens with one attached hydrogen (secondary N) is 2. The zero-order valence-electron chi connectivity index (χ0n) is 17.6. The first-order valence-corrected chi connectivity index (χ1v) is 10.4. The number of benzene rings is 1. The van der Waals surface area contributed by atoms with E-state index in [1.165, 1.54) is 0 Å². The average molecular weight is 435 g/mol. The van der Waals surface area contributed by atoms with Crippen LogP contribution >= 0.6 is 12.4 Å². The largest absolute Gasteiger partial charge is 0.491 e. The number of carbonyl (C=O) groups is 1. The van der Waals surface area contributed by atoms with Gasteiger partial charge in [-0.1, -0.05) is 12.1 Å². The monoisotopic (exact) mass is 434 g/mol. The van der Waals surface area contributed by atoms with E-state index >= 15 is 0 Å². The van der Waals surface area contributed by atoms with Gasteiger partial charge in [0.2, 0.25) is 5.91 Å². The van der Waals surface area contributed by atoms with Crippen molar-refractivity contribution in [3.05, 3.63) is 47.3 Å². The molecule has 0 saturated carbocycles. The Hall–Kier alpha value is -2.09. The average Bonchev–Trinajstić information content (AvgIpc) is 3.46. The molecule has 1 aromatic carbocycles. The molecular weight excluding hydrogens is 404 g/mol. The van der Waals surface area contributed by atoms with E-state index in [0.717, 1.165) is 48.4 Å². The molecule has 2 saturated heterocycles. The number of aromatic nitrogens is 2. The third kappa shape index (κ3) is 5.33. The Labute approximate surface area is 183 Å². The van der Waals surface area contributed by atoms with Gasteiger partial charge in [0.05, 0.1) is 18.2 Å². The summed E-state index contributed by atoms with van der Waals surface area (Å²) in [6.07, 6.45) is 6.16. The van der Waals surface area contributed by atoms with Crippen LogP contribution in [-0.2, 0) is 23.1 Å². The molecule has 1 aromatic heterocycles. The molecule has 7 nitrogen and oxygen atoms in total. The number of hydrogen-bond donors (Lipinski definition) is 2. The summed E-state index contributed by atoms with van der Waals surface area (Å²) in [5.74, 6) is 0.946. The van der Waals surface area contributed by atoms with Gasteiger partial charge in [-0.3, -0.25) is 9.48 Å². The second kappa shape index (κ2) is 10.3. The summed E-state index contributed by atoms with van der Waals surface area (Å²) in [6, 6.07) is 6.12. The van der Waals surface area contributed by atoms with Crippen LogP contribution in [-0.4, -0.2) is 48.1 Å². The molecular formula is C22H31ClN4O3. The van der Waals surface area contributed by atoms with Crippen LogP contribution in [0.25, 0.3) is 0 Å². The number of amides is 1. The number of aryl methyl sites for hydroxylation is 2. The van der Waals surface area contributed by atoms with Crippen LogP contribution in [0.5, 0.6) is 5.75 Å². The van der Waals surface area contributed by atoms with Crippen LogP contribution in [0.2, 0.25) is 0 Å². The molecule has 0 spiro atoms. The standard InChI is InChI=1S/C22H30N4O3.ClH/c1-15-5-6-16(21(8-15)29-14-18-4-3-7-28-18)9-24-22(27)20-12-23-11-19(20)17-10-25-26(2)13-17;/h5-6,8,10,13,18-20,23H,3-4,7,9,11-12,14H2,1-2H3,(H,24,27);1H/t18?,19-,20+;/m1./s1. The van der Waals surface area contributed by atoms with Gasteiger partial charge in [0, 0.05) is 51.0 Å². The zero-order valence-corrected chi connectivity index (χ0v) is 18.4. The molecule has 2 aliphatic rings. The molecule has 3 atom stereocenters. The summed E-state index contributed by atoms with van der Waals surface area (Å²) in [5, 5.41) is 10.7. The third-order valence-corrected chi connectivity index (χ3v) is 5.83. The van der Waals surface area contributed by atoms with Gasteiger partial charge in [-0.15, -0.1) is 12.4 Å². The number of hydrogen-bond acceptors (Lipinski definition) is 5. The van der Waals surface area contributed by atoms with Crippen molar-refractivity contribution in [3.63, 3.8) is 0 Å². The van der Waals surface area contributed by atoms with Gasteiger partial charge >= 0.3 is 0 Å². The Bertz CT molecular complexity index is 851. The van der Waals surface area contributed by atoms with E-state index in [9.17, 15) is 4.79 Å². The molecule has 3 heterocycles. The highest BCUT2D eigenvalue weighted by Gasteiger charge is 2.34. The second-order valence-corrected chi connectivity index (χ2v) is 8.09. The van der Waals surface area contributed by atoms with Crippen LogP contribution in [0.1, 0.15) is 35.4 Å². The molecule has 1 amide bonds. The van der Waals surface area contributed by atoms with Crippen LogP contribution < -0.4 is 15.4 Å². The Morgan fingerprint density at radius 2 is 2.27 bits per heavy atom. The molecule has 30 heavy (non-hydrogen) atoms. The van der Waals surface area contributed by atoms with E-state index in [1.807, 2.05) is 38.5 Å². The highest BCUT2D eigenvalue weighted by Crippen LogP contribution is 2.28. The van der Waals surface area contributed by atoms with Crippen LogP contribution in [0.15, 0.2) is 30.6 Å². The minimum absolute atomic E-state index is 0. The fourth-order valence-electron chi connectivity index (χ4n) is 4.15. The summed E-state index contributed by atoms with van der Waals surface area (Å²) in [6.45, 7) is 5.35. The first-order valence-electron chi connectivity index (χ1n) is 10.4. The smallest absolute Gasteiger partial charge is 0.225 e. The van der Waals surface area contributed by atoms with Crippen molar-refractivity contribution >= 4 is 18.3 Å². The van der Waals surface area contributed by atoms with Gasteiger partial charge in [-0.2, -0.15) is 5.10 Å². The van der Waals surface area contributed by atoms with Crippen molar-refractivity contribution in [2.75, 3.05) is 26.3 Å².